The fourth-order valence-electron chi connectivity index (χ4n) is 4.57. The summed E-state index contributed by atoms with van der Waals surface area (Å²) in [4.78, 5) is 24.3. The van der Waals surface area contributed by atoms with E-state index in [4.69, 9.17) is 9.47 Å². The number of nitrogens with one attached hydrogen (secondary N) is 1. The van der Waals surface area contributed by atoms with Crippen LogP contribution < -0.4 is 5.32 Å². The first kappa shape index (κ1) is 14.8. The standard InChI is InChI=1S/C16H25NO4/c1-4-10(8(2)17-3)15(18)21-13-6-9-5-11(13)14-12(9)7-20-16(14)19/h8-14,17H,4-7H2,1-3H3. The van der Waals surface area contributed by atoms with Crippen LogP contribution in [0.1, 0.15) is 33.1 Å². The lowest BCUT2D eigenvalue weighted by molar-refractivity contribution is -0.161. The Morgan fingerprint density at radius 2 is 2.19 bits per heavy atom. The zero-order valence-corrected chi connectivity index (χ0v) is 13.0. The summed E-state index contributed by atoms with van der Waals surface area (Å²) >= 11 is 0. The minimum atomic E-state index is -0.125. The Morgan fingerprint density at radius 3 is 2.86 bits per heavy atom. The minimum Gasteiger partial charge on any atom is -0.465 e. The van der Waals surface area contributed by atoms with Crippen LogP contribution in [0.15, 0.2) is 0 Å². The van der Waals surface area contributed by atoms with Gasteiger partial charge in [0.2, 0.25) is 0 Å². The number of rotatable bonds is 5. The Morgan fingerprint density at radius 1 is 1.43 bits per heavy atom. The van der Waals surface area contributed by atoms with E-state index >= 15 is 0 Å². The lowest BCUT2D eigenvalue weighted by Gasteiger charge is -2.30. The van der Waals surface area contributed by atoms with E-state index in [-0.39, 0.29) is 41.8 Å². The van der Waals surface area contributed by atoms with Crippen molar-refractivity contribution in [2.45, 2.75) is 45.3 Å². The zero-order valence-electron chi connectivity index (χ0n) is 13.0. The lowest BCUT2D eigenvalue weighted by atomic mass is 9.80. The SMILES string of the molecule is CCC(C(=O)OC1CC2CC1C1C(=O)OCC21)C(C)NC. The van der Waals surface area contributed by atoms with Crippen molar-refractivity contribution in [3.63, 3.8) is 0 Å². The van der Waals surface area contributed by atoms with Crippen molar-refractivity contribution in [2.75, 3.05) is 13.7 Å². The van der Waals surface area contributed by atoms with E-state index in [1.54, 1.807) is 0 Å². The van der Waals surface area contributed by atoms with Gasteiger partial charge in [0.25, 0.3) is 0 Å². The maximum absolute atomic E-state index is 12.4. The maximum atomic E-state index is 12.4. The van der Waals surface area contributed by atoms with Gasteiger partial charge in [0.05, 0.1) is 18.4 Å². The van der Waals surface area contributed by atoms with Gasteiger partial charge in [-0.25, -0.2) is 0 Å². The monoisotopic (exact) mass is 295 g/mol. The molecular formula is C16H25NO4. The number of ether oxygens (including phenoxy) is 2. The van der Waals surface area contributed by atoms with Crippen LogP contribution >= 0.6 is 0 Å². The summed E-state index contributed by atoms with van der Waals surface area (Å²) in [5, 5.41) is 3.12. The number of carbonyl (C=O) groups is 2. The molecule has 1 aliphatic heterocycles. The number of hydrogen-bond acceptors (Lipinski definition) is 5. The summed E-state index contributed by atoms with van der Waals surface area (Å²) < 4.78 is 11.0. The topological polar surface area (TPSA) is 64.6 Å². The van der Waals surface area contributed by atoms with Crippen molar-refractivity contribution in [1.29, 1.82) is 0 Å². The second kappa shape index (κ2) is 5.59. The van der Waals surface area contributed by atoms with Gasteiger partial charge in [-0.15, -0.1) is 0 Å². The van der Waals surface area contributed by atoms with Crippen LogP contribution in [0.25, 0.3) is 0 Å². The van der Waals surface area contributed by atoms with Crippen LogP contribution in [0, 0.1) is 29.6 Å². The highest BCUT2D eigenvalue weighted by atomic mass is 16.6. The number of fused-ring (bicyclic) bond motifs is 5. The molecule has 0 amide bonds. The first-order valence-corrected chi connectivity index (χ1v) is 8.11. The van der Waals surface area contributed by atoms with E-state index in [0.717, 1.165) is 19.3 Å². The van der Waals surface area contributed by atoms with Gasteiger partial charge in [-0.1, -0.05) is 6.92 Å². The molecule has 1 N–H and O–H groups in total. The molecule has 0 aromatic carbocycles. The molecule has 5 nitrogen and oxygen atoms in total. The van der Waals surface area contributed by atoms with Gasteiger partial charge in [0.1, 0.15) is 6.10 Å². The zero-order chi connectivity index (χ0) is 15.1. The average Bonchev–Trinajstić information content (AvgIpc) is 3.12. The van der Waals surface area contributed by atoms with Crippen molar-refractivity contribution in [3.05, 3.63) is 0 Å². The van der Waals surface area contributed by atoms with Crippen molar-refractivity contribution in [3.8, 4) is 0 Å². The third-order valence-corrected chi connectivity index (χ3v) is 5.87. The highest BCUT2D eigenvalue weighted by molar-refractivity contribution is 5.77. The van der Waals surface area contributed by atoms with Gasteiger partial charge in [0.15, 0.2) is 0 Å². The lowest BCUT2D eigenvalue weighted by Crippen LogP contribution is -2.40. The summed E-state index contributed by atoms with van der Waals surface area (Å²) in [5.41, 5.74) is 0. The van der Waals surface area contributed by atoms with Crippen molar-refractivity contribution >= 4 is 11.9 Å². The second-order valence-corrected chi connectivity index (χ2v) is 6.78. The van der Waals surface area contributed by atoms with E-state index < -0.39 is 0 Å². The molecule has 7 unspecified atom stereocenters. The van der Waals surface area contributed by atoms with E-state index in [1.807, 2.05) is 20.9 Å². The summed E-state index contributed by atoms with van der Waals surface area (Å²) in [6.07, 6.45) is 2.59. The quantitative estimate of drug-likeness (QED) is 0.776. The molecule has 5 heteroatoms. The van der Waals surface area contributed by atoms with Crippen molar-refractivity contribution in [1.82, 2.24) is 5.32 Å². The van der Waals surface area contributed by atoms with Crippen LogP contribution in [0.2, 0.25) is 0 Å². The molecule has 118 valence electrons. The molecule has 2 bridgehead atoms. The van der Waals surface area contributed by atoms with Gasteiger partial charge in [-0.3, -0.25) is 9.59 Å². The van der Waals surface area contributed by atoms with Gasteiger partial charge in [-0.05, 0) is 39.2 Å². The van der Waals surface area contributed by atoms with E-state index in [1.165, 1.54) is 0 Å². The summed E-state index contributed by atoms with van der Waals surface area (Å²) in [7, 11) is 1.86. The van der Waals surface area contributed by atoms with Crippen LogP contribution in [-0.4, -0.2) is 37.7 Å². The fraction of sp³-hybridized carbons (Fsp3) is 0.875. The molecule has 3 fully saturated rings. The van der Waals surface area contributed by atoms with Gasteiger partial charge >= 0.3 is 11.9 Å². The summed E-state index contributed by atoms with van der Waals surface area (Å²) in [6, 6.07) is 0.102. The Hall–Kier alpha value is -1.10. The predicted octanol–water partition coefficient (Wildman–Crippen LogP) is 1.36. The maximum Gasteiger partial charge on any atom is 0.310 e. The number of esters is 2. The molecule has 0 spiro atoms. The molecule has 0 aromatic heterocycles. The summed E-state index contributed by atoms with van der Waals surface area (Å²) in [6.45, 7) is 4.57. The molecule has 0 aromatic rings. The Kier molecular flexibility index (Phi) is 3.95. The number of hydrogen-bond donors (Lipinski definition) is 1. The number of carbonyl (C=O) groups excluding carboxylic acids is 2. The fourth-order valence-corrected chi connectivity index (χ4v) is 4.57. The molecule has 2 aliphatic carbocycles. The Bertz CT molecular complexity index is 438. The Balaban J connectivity index is 1.64. The minimum absolute atomic E-state index is 0.0247. The first-order chi connectivity index (χ1) is 10.1. The van der Waals surface area contributed by atoms with Crippen molar-refractivity contribution in [2.24, 2.45) is 29.6 Å². The smallest absolute Gasteiger partial charge is 0.310 e. The van der Waals surface area contributed by atoms with E-state index in [9.17, 15) is 9.59 Å². The van der Waals surface area contributed by atoms with Gasteiger partial charge in [-0.2, -0.15) is 0 Å². The highest BCUT2D eigenvalue weighted by Gasteiger charge is 2.60. The van der Waals surface area contributed by atoms with Crippen LogP contribution in [0.4, 0.5) is 0 Å². The van der Waals surface area contributed by atoms with Crippen LogP contribution in [-0.2, 0) is 19.1 Å². The first-order valence-electron chi connectivity index (χ1n) is 8.11. The van der Waals surface area contributed by atoms with Gasteiger partial charge < -0.3 is 14.8 Å². The third-order valence-electron chi connectivity index (χ3n) is 5.87. The molecule has 3 rings (SSSR count). The van der Waals surface area contributed by atoms with E-state index in [2.05, 4.69) is 5.32 Å². The predicted molar refractivity (Wildman–Crippen MR) is 76.3 cm³/mol. The molecule has 0 radical (unpaired) electrons. The molecule has 21 heavy (non-hydrogen) atoms. The summed E-state index contributed by atoms with van der Waals surface area (Å²) in [5.74, 6) is 0.690. The Labute approximate surface area is 125 Å². The normalized spacial score (nSPS) is 39.8. The molecule has 3 aliphatic rings. The van der Waals surface area contributed by atoms with Gasteiger partial charge in [0, 0.05) is 17.9 Å². The second-order valence-electron chi connectivity index (χ2n) is 6.78. The van der Waals surface area contributed by atoms with E-state index in [0.29, 0.717) is 18.4 Å². The molecule has 7 atom stereocenters. The molecule has 1 heterocycles. The van der Waals surface area contributed by atoms with Crippen molar-refractivity contribution < 1.29 is 19.1 Å². The van der Waals surface area contributed by atoms with Crippen LogP contribution in [0.3, 0.4) is 0 Å². The average molecular weight is 295 g/mol. The molecular weight excluding hydrogens is 270 g/mol. The number of cyclic esters (lactones) is 1. The molecule has 1 saturated heterocycles. The molecule has 2 saturated carbocycles. The van der Waals surface area contributed by atoms with Crippen LogP contribution in [0.5, 0.6) is 0 Å². The third kappa shape index (κ3) is 2.35. The highest BCUT2D eigenvalue weighted by Crippen LogP contribution is 2.56. The largest absolute Gasteiger partial charge is 0.465 e.